The molecule has 0 atom stereocenters. The summed E-state index contributed by atoms with van der Waals surface area (Å²) in [5.74, 6) is 0. The molecule has 4 nitrogen and oxygen atoms in total. The maximum atomic E-state index is 3.98. The van der Waals surface area contributed by atoms with Gasteiger partial charge in [0, 0.05) is 0 Å². The van der Waals surface area contributed by atoms with Gasteiger partial charge in [-0.1, -0.05) is 0 Å². The highest BCUT2D eigenvalue weighted by molar-refractivity contribution is 5.16. The number of hydrogen-bond acceptors (Lipinski definition) is 4. The van der Waals surface area contributed by atoms with E-state index in [9.17, 15) is 0 Å². The normalized spacial score (nSPS) is 48.6. The van der Waals surface area contributed by atoms with E-state index >= 15 is 0 Å². The van der Waals surface area contributed by atoms with Gasteiger partial charge in [-0.3, -0.25) is 0 Å². The monoisotopic (exact) mass is 136 g/mol. The van der Waals surface area contributed by atoms with Crippen LogP contribution in [0.15, 0.2) is 32.6 Å². The van der Waals surface area contributed by atoms with Gasteiger partial charge in [0.2, 0.25) is 11.3 Å². The first kappa shape index (κ1) is 5.70. The molecule has 0 aromatic heterocycles. The maximum absolute atomic E-state index is 3.98. The van der Waals surface area contributed by atoms with Crippen molar-refractivity contribution in [3.05, 3.63) is 12.2 Å². The first-order chi connectivity index (χ1) is 4.62. The van der Waals surface area contributed by atoms with Crippen molar-refractivity contribution in [1.29, 1.82) is 0 Å². The summed E-state index contributed by atoms with van der Waals surface area (Å²) in [6.45, 7) is 3.74. The Morgan fingerprint density at radius 3 is 1.30 bits per heavy atom. The zero-order valence-electron chi connectivity index (χ0n) is 5.94. The summed E-state index contributed by atoms with van der Waals surface area (Å²) in [6, 6.07) is 0. The van der Waals surface area contributed by atoms with Crippen LogP contribution in [0.3, 0.4) is 0 Å². The van der Waals surface area contributed by atoms with Crippen molar-refractivity contribution in [3.8, 4) is 0 Å². The Balaban J connectivity index is 2.49. The summed E-state index contributed by atoms with van der Waals surface area (Å²) in [6.07, 6.45) is 3.85. The molecular weight excluding hydrogens is 128 g/mol. The lowest BCUT2D eigenvalue weighted by molar-refractivity contribution is 0.372. The third kappa shape index (κ3) is 0.616. The van der Waals surface area contributed by atoms with Gasteiger partial charge < -0.3 is 0 Å². The summed E-state index contributed by atoms with van der Waals surface area (Å²) in [7, 11) is 0. The van der Waals surface area contributed by atoms with E-state index in [1.165, 1.54) is 0 Å². The zero-order chi connectivity index (χ0) is 7.24. The number of azo groups is 2. The molecule has 3 aliphatic rings. The Labute approximate surface area is 58.8 Å². The first-order valence-electron chi connectivity index (χ1n) is 3.21. The smallest absolute Gasteiger partial charge is 0.155 e. The second-order valence-electron chi connectivity index (χ2n) is 2.92. The van der Waals surface area contributed by atoms with E-state index in [0.717, 1.165) is 0 Å². The topological polar surface area (TPSA) is 49.4 Å². The molecule has 52 valence electrons. The lowest BCUT2D eigenvalue weighted by atomic mass is 10.1. The van der Waals surface area contributed by atoms with E-state index in [2.05, 4.69) is 20.5 Å². The van der Waals surface area contributed by atoms with E-state index in [1.807, 2.05) is 26.0 Å². The Kier molecular flexibility index (Phi) is 0.760. The molecule has 0 saturated heterocycles. The number of nitrogens with zero attached hydrogens (tertiary/aromatic N) is 4. The van der Waals surface area contributed by atoms with Gasteiger partial charge in [0.1, 0.15) is 0 Å². The van der Waals surface area contributed by atoms with Crippen LogP contribution in [0.2, 0.25) is 0 Å². The number of hydrogen-bond donors (Lipinski definition) is 0. The van der Waals surface area contributed by atoms with Crippen LogP contribution in [0.5, 0.6) is 0 Å². The van der Waals surface area contributed by atoms with Crippen LogP contribution in [0.1, 0.15) is 13.8 Å². The van der Waals surface area contributed by atoms with E-state index in [-0.39, 0.29) is 0 Å². The number of rotatable bonds is 0. The van der Waals surface area contributed by atoms with Gasteiger partial charge in [-0.25, -0.2) is 0 Å². The van der Waals surface area contributed by atoms with Crippen LogP contribution in [-0.4, -0.2) is 11.3 Å². The van der Waals surface area contributed by atoms with Gasteiger partial charge in [-0.2, -0.15) is 20.5 Å². The van der Waals surface area contributed by atoms with Crippen LogP contribution in [0.25, 0.3) is 0 Å². The molecule has 2 bridgehead atoms. The van der Waals surface area contributed by atoms with Gasteiger partial charge in [-0.05, 0) is 26.0 Å². The molecule has 0 aliphatic carbocycles. The SMILES string of the molecule is CC12C=CC(C)(N=N1)N=N2. The first-order valence-corrected chi connectivity index (χ1v) is 3.21. The van der Waals surface area contributed by atoms with Crippen molar-refractivity contribution in [2.75, 3.05) is 0 Å². The molecule has 3 aliphatic heterocycles. The van der Waals surface area contributed by atoms with Gasteiger partial charge in [0.15, 0.2) is 0 Å². The van der Waals surface area contributed by atoms with Crippen molar-refractivity contribution < 1.29 is 0 Å². The molecule has 0 amide bonds. The highest BCUT2D eigenvalue weighted by atomic mass is 15.4. The third-order valence-corrected chi connectivity index (χ3v) is 1.62. The van der Waals surface area contributed by atoms with Crippen LogP contribution >= 0.6 is 0 Å². The Hall–Kier alpha value is -1.06. The minimum absolute atomic E-state index is 0.502. The molecule has 0 radical (unpaired) electrons. The second-order valence-corrected chi connectivity index (χ2v) is 2.92. The fourth-order valence-corrected chi connectivity index (χ4v) is 0.894. The van der Waals surface area contributed by atoms with Crippen molar-refractivity contribution in [1.82, 2.24) is 0 Å². The average Bonchev–Trinajstić information content (AvgIpc) is 1.93. The molecule has 0 aromatic rings. The zero-order valence-corrected chi connectivity index (χ0v) is 5.94. The van der Waals surface area contributed by atoms with Gasteiger partial charge >= 0.3 is 0 Å². The van der Waals surface area contributed by atoms with Crippen LogP contribution in [0.4, 0.5) is 0 Å². The predicted molar refractivity (Wildman–Crippen MR) is 35.7 cm³/mol. The predicted octanol–water partition coefficient (Wildman–Crippen LogP) is 1.91. The molecule has 3 heterocycles. The standard InChI is InChI=1S/C6H8N4/c1-5-3-4-6(2,9-7-5)10-8-5/h3-4H,1-2H3. The largest absolute Gasteiger partial charge is 0.206 e. The quantitative estimate of drug-likeness (QED) is 0.457. The van der Waals surface area contributed by atoms with Gasteiger partial charge in [-0.15, -0.1) is 0 Å². The Morgan fingerprint density at radius 2 is 1.10 bits per heavy atom. The summed E-state index contributed by atoms with van der Waals surface area (Å²) in [5.41, 5.74) is -1.00. The summed E-state index contributed by atoms with van der Waals surface area (Å²) < 4.78 is 0. The van der Waals surface area contributed by atoms with E-state index in [4.69, 9.17) is 0 Å². The Bertz CT molecular complexity index is 188. The molecule has 0 N–H and O–H groups in total. The summed E-state index contributed by atoms with van der Waals surface area (Å²) >= 11 is 0. The molecule has 4 heteroatoms. The van der Waals surface area contributed by atoms with Crippen molar-refractivity contribution in [2.45, 2.75) is 25.2 Å². The molecule has 0 fully saturated rings. The second kappa shape index (κ2) is 1.33. The minimum Gasteiger partial charge on any atom is -0.155 e. The maximum Gasteiger partial charge on any atom is 0.206 e. The van der Waals surface area contributed by atoms with E-state index in [1.54, 1.807) is 0 Å². The highest BCUT2D eigenvalue weighted by Crippen LogP contribution is 2.33. The van der Waals surface area contributed by atoms with Crippen LogP contribution < -0.4 is 0 Å². The molecule has 0 saturated carbocycles. The van der Waals surface area contributed by atoms with Gasteiger partial charge in [0.25, 0.3) is 0 Å². The Morgan fingerprint density at radius 1 is 0.800 bits per heavy atom. The average molecular weight is 136 g/mol. The lowest BCUT2D eigenvalue weighted by Crippen LogP contribution is -2.30. The van der Waals surface area contributed by atoms with Crippen molar-refractivity contribution in [3.63, 3.8) is 0 Å². The molecule has 0 unspecified atom stereocenters. The summed E-state index contributed by atoms with van der Waals surface area (Å²) in [5, 5.41) is 15.9. The van der Waals surface area contributed by atoms with Crippen LogP contribution in [-0.2, 0) is 0 Å². The fourth-order valence-electron chi connectivity index (χ4n) is 0.894. The van der Waals surface area contributed by atoms with Crippen molar-refractivity contribution >= 4 is 0 Å². The van der Waals surface area contributed by atoms with E-state index < -0.39 is 11.3 Å². The lowest BCUT2D eigenvalue weighted by Gasteiger charge is -2.28. The molecule has 0 aromatic carbocycles. The fraction of sp³-hybridized carbons (Fsp3) is 0.667. The van der Waals surface area contributed by atoms with Crippen molar-refractivity contribution in [2.24, 2.45) is 20.5 Å². The van der Waals surface area contributed by atoms with Crippen LogP contribution in [0, 0.1) is 0 Å². The summed E-state index contributed by atoms with van der Waals surface area (Å²) in [4.78, 5) is 0. The van der Waals surface area contributed by atoms with Gasteiger partial charge in [0.05, 0.1) is 0 Å². The molecule has 0 spiro atoms. The molecule has 10 heavy (non-hydrogen) atoms. The molecular formula is C6H8N4. The van der Waals surface area contributed by atoms with E-state index in [0.29, 0.717) is 0 Å². The molecule has 3 rings (SSSR count). The minimum atomic E-state index is -0.502. The third-order valence-electron chi connectivity index (χ3n) is 1.62. The highest BCUT2D eigenvalue weighted by Gasteiger charge is 2.35.